The molecule has 0 fully saturated rings. The van der Waals surface area contributed by atoms with Crippen LogP contribution in [0.1, 0.15) is 12.0 Å². The number of rotatable bonds is 8. The molecular weight excluding hydrogens is 343 g/mol. The number of hydrogen-bond acceptors (Lipinski definition) is 3. The summed E-state index contributed by atoms with van der Waals surface area (Å²) in [6.45, 7) is 3.42. The van der Waals surface area contributed by atoms with Crippen LogP contribution in [0.5, 0.6) is 0 Å². The van der Waals surface area contributed by atoms with E-state index in [1.807, 2.05) is 0 Å². The zero-order valence-electron chi connectivity index (χ0n) is 11.0. The fourth-order valence-electron chi connectivity index (χ4n) is 1.65. The quantitative estimate of drug-likeness (QED) is 0.356. The fraction of sp³-hybridized carbons (Fsp3) is 0.214. The van der Waals surface area contributed by atoms with Crippen LogP contribution in [0.3, 0.4) is 0 Å². The normalized spacial score (nSPS) is 10.9. The molecule has 0 saturated heterocycles. The summed E-state index contributed by atoms with van der Waals surface area (Å²) in [6, 6.07) is 6.27. The minimum absolute atomic E-state index is 0.136. The summed E-state index contributed by atoms with van der Waals surface area (Å²) in [5.41, 5.74) is 0.571. The molecule has 0 amide bonds. The second-order valence-electron chi connectivity index (χ2n) is 4.25. The Morgan fingerprint density at radius 1 is 1.10 bits per heavy atom. The fourth-order valence-corrected chi connectivity index (χ4v) is 3.85. The molecule has 0 aromatic heterocycles. The standard InChI is InChI=1S/C14H14O6Se/c1-2-7-14(12(17)18,13(19)20)21-10-5-3-9(4-6-10)8-11(15)16/h2-6H,1,7-8H2,(H,15,16)(H,17,18)(H,19,20). The van der Waals surface area contributed by atoms with E-state index >= 15 is 0 Å². The second-order valence-corrected chi connectivity index (χ2v) is 7.13. The summed E-state index contributed by atoms with van der Waals surface area (Å²) in [7, 11) is 0. The Bertz CT molecular complexity index is 549. The molecule has 1 aromatic carbocycles. The molecule has 0 unspecified atom stereocenters. The molecule has 21 heavy (non-hydrogen) atoms. The molecule has 0 heterocycles. The molecule has 1 aromatic rings. The summed E-state index contributed by atoms with van der Waals surface area (Å²) < 4.78 is -1.33. The van der Waals surface area contributed by atoms with Crippen molar-refractivity contribution in [2.24, 2.45) is 0 Å². The van der Waals surface area contributed by atoms with E-state index in [9.17, 15) is 24.6 Å². The molecule has 0 bridgehead atoms. The Labute approximate surface area is 127 Å². The van der Waals surface area contributed by atoms with Crippen molar-refractivity contribution < 1.29 is 29.7 Å². The van der Waals surface area contributed by atoms with E-state index in [2.05, 4.69) is 6.58 Å². The number of carbonyl (C=O) groups is 3. The number of allylic oxidation sites excluding steroid dienone is 1. The van der Waals surface area contributed by atoms with Gasteiger partial charge in [-0.3, -0.25) is 0 Å². The van der Waals surface area contributed by atoms with Crippen molar-refractivity contribution in [2.75, 3.05) is 0 Å². The maximum atomic E-state index is 11.4. The zero-order chi connectivity index (χ0) is 16.0. The molecule has 3 N–H and O–H groups in total. The molecule has 0 atom stereocenters. The van der Waals surface area contributed by atoms with Crippen LogP contribution in [0, 0.1) is 0 Å². The van der Waals surface area contributed by atoms with E-state index in [1.54, 1.807) is 24.3 Å². The van der Waals surface area contributed by atoms with Crippen LogP contribution in [0.25, 0.3) is 0 Å². The molecule has 0 saturated carbocycles. The van der Waals surface area contributed by atoms with Gasteiger partial charge in [0.05, 0.1) is 0 Å². The molecule has 6 nitrogen and oxygen atoms in total. The van der Waals surface area contributed by atoms with Crippen LogP contribution in [0.4, 0.5) is 0 Å². The van der Waals surface area contributed by atoms with E-state index in [4.69, 9.17) is 5.11 Å². The zero-order valence-corrected chi connectivity index (χ0v) is 12.7. The van der Waals surface area contributed by atoms with Gasteiger partial charge >= 0.3 is 127 Å². The third kappa shape index (κ3) is 4.18. The predicted octanol–water partition coefficient (Wildman–Crippen LogP) is 0.547. The number of aliphatic carboxylic acids is 3. The molecule has 112 valence electrons. The van der Waals surface area contributed by atoms with Crippen molar-refractivity contribution in [1.29, 1.82) is 0 Å². The van der Waals surface area contributed by atoms with Gasteiger partial charge in [-0.25, -0.2) is 0 Å². The van der Waals surface area contributed by atoms with E-state index in [-0.39, 0.29) is 12.8 Å². The van der Waals surface area contributed by atoms with Gasteiger partial charge in [0, 0.05) is 0 Å². The number of hydrogen-bond donors (Lipinski definition) is 3. The number of carboxylic acids is 3. The molecule has 0 radical (unpaired) electrons. The van der Waals surface area contributed by atoms with E-state index in [0.29, 0.717) is 10.0 Å². The van der Waals surface area contributed by atoms with E-state index in [0.717, 1.165) is 0 Å². The minimum atomic E-state index is -1.90. The van der Waals surface area contributed by atoms with Gasteiger partial charge in [-0.05, 0) is 0 Å². The van der Waals surface area contributed by atoms with Gasteiger partial charge in [-0.1, -0.05) is 0 Å². The second kappa shape index (κ2) is 7.06. The van der Waals surface area contributed by atoms with Crippen LogP contribution in [0.15, 0.2) is 36.9 Å². The average molecular weight is 357 g/mol. The number of benzene rings is 1. The summed E-state index contributed by atoms with van der Waals surface area (Å²) in [4.78, 5) is 33.3. The maximum absolute atomic E-state index is 11.4. The topological polar surface area (TPSA) is 112 Å². The van der Waals surface area contributed by atoms with Gasteiger partial charge in [-0.2, -0.15) is 0 Å². The SMILES string of the molecule is C=CCC([Se]c1ccc(CC(=O)O)cc1)(C(=O)O)C(=O)O. The summed E-state index contributed by atoms with van der Waals surface area (Å²) >= 11 is -0.861. The van der Waals surface area contributed by atoms with Crippen molar-refractivity contribution in [3.63, 3.8) is 0 Å². The molecular formula is C14H14O6Se. The first-order chi connectivity index (χ1) is 9.81. The summed E-state index contributed by atoms with van der Waals surface area (Å²) in [6.07, 6.45) is 0.972. The Balaban J connectivity index is 3.03. The molecule has 0 aliphatic rings. The van der Waals surface area contributed by atoms with Crippen molar-refractivity contribution in [1.82, 2.24) is 0 Å². The monoisotopic (exact) mass is 358 g/mol. The Kier molecular flexibility index (Phi) is 5.69. The van der Waals surface area contributed by atoms with Gasteiger partial charge in [0.15, 0.2) is 0 Å². The third-order valence-corrected chi connectivity index (χ3v) is 5.57. The van der Waals surface area contributed by atoms with Crippen LogP contribution in [-0.4, -0.2) is 48.2 Å². The van der Waals surface area contributed by atoms with Gasteiger partial charge in [0.2, 0.25) is 0 Å². The van der Waals surface area contributed by atoms with Crippen LogP contribution in [0.2, 0.25) is 4.31 Å². The molecule has 0 aliphatic heterocycles. The van der Waals surface area contributed by atoms with Crippen LogP contribution < -0.4 is 4.46 Å². The Morgan fingerprint density at radius 3 is 2.00 bits per heavy atom. The van der Waals surface area contributed by atoms with E-state index in [1.165, 1.54) is 6.08 Å². The summed E-state index contributed by atoms with van der Waals surface area (Å²) in [5, 5.41) is 27.2. The first-order valence-electron chi connectivity index (χ1n) is 5.89. The van der Waals surface area contributed by atoms with Crippen molar-refractivity contribution in [3.05, 3.63) is 42.5 Å². The van der Waals surface area contributed by atoms with Crippen molar-refractivity contribution in [3.8, 4) is 0 Å². The van der Waals surface area contributed by atoms with Crippen molar-refractivity contribution in [2.45, 2.75) is 17.2 Å². The Hall–Kier alpha value is -2.11. The molecule has 0 aliphatic carbocycles. The van der Waals surface area contributed by atoms with Gasteiger partial charge in [-0.15, -0.1) is 0 Å². The Morgan fingerprint density at radius 2 is 1.62 bits per heavy atom. The predicted molar refractivity (Wildman–Crippen MR) is 75.9 cm³/mol. The summed E-state index contributed by atoms with van der Waals surface area (Å²) in [5.74, 6) is -3.76. The average Bonchev–Trinajstić information content (AvgIpc) is 2.39. The van der Waals surface area contributed by atoms with Crippen molar-refractivity contribution >= 4 is 37.3 Å². The van der Waals surface area contributed by atoms with Crippen LogP contribution >= 0.6 is 0 Å². The van der Waals surface area contributed by atoms with E-state index < -0.39 is 37.2 Å². The van der Waals surface area contributed by atoms with Gasteiger partial charge in [0.1, 0.15) is 0 Å². The third-order valence-electron chi connectivity index (χ3n) is 2.69. The van der Waals surface area contributed by atoms with Gasteiger partial charge < -0.3 is 0 Å². The molecule has 1 rings (SSSR count). The molecule has 7 heteroatoms. The van der Waals surface area contributed by atoms with Crippen LogP contribution in [-0.2, 0) is 20.8 Å². The molecule has 0 spiro atoms. The first-order valence-corrected chi connectivity index (χ1v) is 7.60. The number of carboxylic acid groups (broad SMARTS) is 3. The first kappa shape index (κ1) is 16.9. The van der Waals surface area contributed by atoms with Gasteiger partial charge in [0.25, 0.3) is 0 Å².